The third-order valence-electron chi connectivity index (χ3n) is 4.36. The van der Waals surface area contributed by atoms with E-state index in [4.69, 9.17) is 9.47 Å². The van der Waals surface area contributed by atoms with E-state index in [9.17, 15) is 19.8 Å². The standard InChI is InChI=1S/C17H24N2O6/c1-11(20)18-10-17(23)4-5-19(9-15(17)21)16(22)12-6-13(24-2)8-14(7-12)25-3/h6-8,15,21,23H,4-5,9-10H2,1-3H3,(H,18,20)/t15-,17-/m1/s1. The quantitative estimate of drug-likeness (QED) is 0.676. The zero-order chi connectivity index (χ0) is 18.6. The number of piperidine rings is 1. The molecule has 8 heteroatoms. The van der Waals surface area contributed by atoms with Gasteiger partial charge < -0.3 is 29.9 Å². The Bertz CT molecular complexity index is 628. The molecule has 0 spiro atoms. The van der Waals surface area contributed by atoms with Crippen LogP contribution < -0.4 is 14.8 Å². The molecular weight excluding hydrogens is 328 g/mol. The topological polar surface area (TPSA) is 108 Å². The number of carbonyl (C=O) groups is 2. The molecule has 2 atom stereocenters. The van der Waals surface area contributed by atoms with Gasteiger partial charge in [0.2, 0.25) is 5.91 Å². The van der Waals surface area contributed by atoms with Gasteiger partial charge in [-0.25, -0.2) is 0 Å². The minimum absolute atomic E-state index is 0.0333. The number of benzene rings is 1. The number of hydrogen-bond donors (Lipinski definition) is 3. The predicted octanol–water partition coefficient (Wildman–Crippen LogP) is -0.222. The molecule has 0 radical (unpaired) electrons. The highest BCUT2D eigenvalue weighted by Gasteiger charge is 2.42. The molecule has 0 unspecified atom stereocenters. The lowest BCUT2D eigenvalue weighted by Crippen LogP contribution is -2.61. The molecular formula is C17H24N2O6. The van der Waals surface area contributed by atoms with Crippen LogP contribution >= 0.6 is 0 Å². The molecule has 1 aliphatic heterocycles. The molecule has 1 saturated heterocycles. The molecule has 138 valence electrons. The average molecular weight is 352 g/mol. The largest absolute Gasteiger partial charge is 0.497 e. The van der Waals surface area contributed by atoms with E-state index in [-0.39, 0.29) is 37.9 Å². The maximum atomic E-state index is 12.7. The van der Waals surface area contributed by atoms with Gasteiger partial charge in [-0.1, -0.05) is 0 Å². The summed E-state index contributed by atoms with van der Waals surface area (Å²) in [5.74, 6) is 0.394. The maximum Gasteiger partial charge on any atom is 0.254 e. The summed E-state index contributed by atoms with van der Waals surface area (Å²) in [5.41, 5.74) is -1.08. The second-order valence-corrected chi connectivity index (χ2v) is 6.13. The number of carbonyl (C=O) groups excluding carboxylic acids is 2. The molecule has 0 aliphatic carbocycles. The SMILES string of the molecule is COc1cc(OC)cc(C(=O)N2CC[C@@](O)(CNC(C)=O)[C@H](O)C2)c1. The fourth-order valence-corrected chi connectivity index (χ4v) is 2.75. The van der Waals surface area contributed by atoms with Gasteiger partial charge in [0.05, 0.1) is 14.2 Å². The zero-order valence-electron chi connectivity index (χ0n) is 14.6. The normalized spacial score (nSPS) is 23.1. The monoisotopic (exact) mass is 352 g/mol. The summed E-state index contributed by atoms with van der Waals surface area (Å²) in [6.45, 7) is 1.50. The molecule has 0 bridgehead atoms. The Morgan fingerprint density at radius 1 is 1.28 bits per heavy atom. The van der Waals surface area contributed by atoms with Crippen molar-refractivity contribution in [3.63, 3.8) is 0 Å². The summed E-state index contributed by atoms with van der Waals surface area (Å²) in [6.07, 6.45) is -1.01. The van der Waals surface area contributed by atoms with Crippen LogP contribution in [0.15, 0.2) is 18.2 Å². The number of hydrogen-bond acceptors (Lipinski definition) is 6. The zero-order valence-corrected chi connectivity index (χ0v) is 14.6. The van der Waals surface area contributed by atoms with Crippen LogP contribution in [0.25, 0.3) is 0 Å². The Morgan fingerprint density at radius 2 is 1.88 bits per heavy atom. The highest BCUT2D eigenvalue weighted by Crippen LogP contribution is 2.27. The number of nitrogens with zero attached hydrogens (tertiary/aromatic N) is 1. The van der Waals surface area contributed by atoms with E-state index < -0.39 is 11.7 Å². The fraction of sp³-hybridized carbons (Fsp3) is 0.529. The van der Waals surface area contributed by atoms with Crippen LogP contribution in [0.4, 0.5) is 0 Å². The first-order valence-corrected chi connectivity index (χ1v) is 7.96. The highest BCUT2D eigenvalue weighted by molar-refractivity contribution is 5.95. The summed E-state index contributed by atoms with van der Waals surface area (Å²) in [5, 5.41) is 23.3. The molecule has 8 nitrogen and oxygen atoms in total. The van der Waals surface area contributed by atoms with Crippen molar-refractivity contribution >= 4 is 11.8 Å². The summed E-state index contributed by atoms with van der Waals surface area (Å²) in [7, 11) is 2.99. The lowest BCUT2D eigenvalue weighted by molar-refractivity contribution is -0.127. The minimum atomic E-state index is -1.45. The van der Waals surface area contributed by atoms with E-state index in [1.54, 1.807) is 18.2 Å². The lowest BCUT2D eigenvalue weighted by atomic mass is 9.88. The van der Waals surface area contributed by atoms with Gasteiger partial charge >= 0.3 is 0 Å². The summed E-state index contributed by atoms with van der Waals surface area (Å²) < 4.78 is 10.3. The van der Waals surface area contributed by atoms with Crippen LogP contribution in [0, 0.1) is 0 Å². The first-order chi connectivity index (χ1) is 11.8. The van der Waals surface area contributed by atoms with Crippen LogP contribution in [0.1, 0.15) is 23.7 Å². The van der Waals surface area contributed by atoms with Crippen molar-refractivity contribution in [2.24, 2.45) is 0 Å². The molecule has 3 N–H and O–H groups in total. The molecule has 1 aromatic carbocycles. The van der Waals surface area contributed by atoms with Crippen molar-refractivity contribution in [1.82, 2.24) is 10.2 Å². The van der Waals surface area contributed by atoms with Crippen molar-refractivity contribution in [1.29, 1.82) is 0 Å². The molecule has 0 aromatic heterocycles. The number of aliphatic hydroxyl groups excluding tert-OH is 1. The van der Waals surface area contributed by atoms with Crippen LogP contribution in [0.3, 0.4) is 0 Å². The van der Waals surface area contributed by atoms with Gasteiger partial charge in [0.15, 0.2) is 0 Å². The van der Waals surface area contributed by atoms with E-state index in [1.165, 1.54) is 26.0 Å². The molecule has 1 aromatic rings. The number of likely N-dealkylation sites (tertiary alicyclic amines) is 1. The average Bonchev–Trinajstić information content (AvgIpc) is 2.61. The van der Waals surface area contributed by atoms with Crippen molar-refractivity contribution in [2.75, 3.05) is 33.9 Å². The van der Waals surface area contributed by atoms with Crippen molar-refractivity contribution in [3.8, 4) is 11.5 Å². The van der Waals surface area contributed by atoms with Gasteiger partial charge in [0.25, 0.3) is 5.91 Å². The fourth-order valence-electron chi connectivity index (χ4n) is 2.75. The predicted molar refractivity (Wildman–Crippen MR) is 89.7 cm³/mol. The molecule has 2 amide bonds. The van der Waals surface area contributed by atoms with Gasteiger partial charge in [-0.05, 0) is 18.6 Å². The van der Waals surface area contributed by atoms with Crippen LogP contribution in [0.5, 0.6) is 11.5 Å². The number of aliphatic hydroxyl groups is 2. The lowest BCUT2D eigenvalue weighted by Gasteiger charge is -2.42. The smallest absolute Gasteiger partial charge is 0.254 e. The van der Waals surface area contributed by atoms with Crippen LogP contribution in [0.2, 0.25) is 0 Å². The first kappa shape index (κ1) is 19.0. The van der Waals surface area contributed by atoms with Gasteiger partial charge in [-0.2, -0.15) is 0 Å². The summed E-state index contributed by atoms with van der Waals surface area (Å²) in [4.78, 5) is 25.2. The summed E-state index contributed by atoms with van der Waals surface area (Å²) >= 11 is 0. The van der Waals surface area contributed by atoms with Crippen molar-refractivity contribution < 1.29 is 29.3 Å². The Morgan fingerprint density at radius 3 is 2.36 bits per heavy atom. The summed E-state index contributed by atoms with van der Waals surface area (Å²) in [6, 6.07) is 4.85. The van der Waals surface area contributed by atoms with Crippen molar-refractivity contribution in [2.45, 2.75) is 25.0 Å². The molecule has 1 fully saturated rings. The van der Waals surface area contributed by atoms with E-state index in [1.807, 2.05) is 0 Å². The second kappa shape index (κ2) is 7.71. The number of nitrogens with one attached hydrogen (secondary N) is 1. The minimum Gasteiger partial charge on any atom is -0.497 e. The van der Waals surface area contributed by atoms with Gasteiger partial charge in [0, 0.05) is 38.2 Å². The Balaban J connectivity index is 2.11. The number of methoxy groups -OCH3 is 2. The highest BCUT2D eigenvalue weighted by atomic mass is 16.5. The Kier molecular flexibility index (Phi) is 5.86. The number of rotatable bonds is 5. The number of β-amino-alcohol motifs (C(OH)–C–C–N with tert-alkyl or cyclic N) is 1. The third-order valence-corrected chi connectivity index (χ3v) is 4.36. The van der Waals surface area contributed by atoms with Crippen LogP contribution in [-0.4, -0.2) is 72.5 Å². The van der Waals surface area contributed by atoms with Gasteiger partial charge in [0.1, 0.15) is 23.2 Å². The van der Waals surface area contributed by atoms with E-state index in [0.717, 1.165) is 0 Å². The van der Waals surface area contributed by atoms with Gasteiger partial charge in [-0.3, -0.25) is 9.59 Å². The van der Waals surface area contributed by atoms with E-state index >= 15 is 0 Å². The maximum absolute atomic E-state index is 12.7. The molecule has 1 heterocycles. The molecule has 1 aliphatic rings. The third kappa shape index (κ3) is 4.40. The first-order valence-electron chi connectivity index (χ1n) is 7.96. The van der Waals surface area contributed by atoms with E-state index in [2.05, 4.69) is 5.32 Å². The van der Waals surface area contributed by atoms with Crippen LogP contribution in [-0.2, 0) is 4.79 Å². The van der Waals surface area contributed by atoms with E-state index in [0.29, 0.717) is 17.1 Å². The number of amides is 2. The Hall–Kier alpha value is -2.32. The molecule has 25 heavy (non-hydrogen) atoms. The molecule has 0 saturated carbocycles. The van der Waals surface area contributed by atoms with Crippen molar-refractivity contribution in [3.05, 3.63) is 23.8 Å². The Labute approximate surface area is 146 Å². The molecule has 2 rings (SSSR count). The second-order valence-electron chi connectivity index (χ2n) is 6.13. The van der Waals surface area contributed by atoms with Gasteiger partial charge in [-0.15, -0.1) is 0 Å². The number of ether oxygens (including phenoxy) is 2.